The number of hydrogen-bond acceptors (Lipinski definition) is 4. The Morgan fingerprint density at radius 3 is 2.48 bits per heavy atom. The number of aromatic nitrogens is 2. The Kier molecular flexibility index (Phi) is 6.48. The fourth-order valence-corrected chi connectivity index (χ4v) is 3.40. The maximum absolute atomic E-state index is 12.0. The number of nitrogens with zero attached hydrogens (tertiary/aromatic N) is 2. The molecule has 3 rings (SSSR count). The van der Waals surface area contributed by atoms with E-state index in [4.69, 9.17) is 11.6 Å². The monoisotopic (exact) mass is 397 g/mol. The number of carbonyl (C=O) groups is 1. The second-order valence-electron chi connectivity index (χ2n) is 6.27. The molecule has 1 aromatic heterocycles. The lowest BCUT2D eigenvalue weighted by atomic mass is 10.0. The molecule has 0 fully saturated rings. The lowest BCUT2D eigenvalue weighted by Crippen LogP contribution is -2.24. The highest BCUT2D eigenvalue weighted by molar-refractivity contribution is 7.99. The Hall–Kier alpha value is -2.37. The minimum absolute atomic E-state index is 0.0461. The van der Waals surface area contributed by atoms with Crippen LogP contribution in [0.5, 0.6) is 0 Å². The van der Waals surface area contributed by atoms with Gasteiger partial charge in [-0.3, -0.25) is 4.79 Å². The molecule has 1 heterocycles. The smallest absolute Gasteiger partial charge is 0.230 e. The third kappa shape index (κ3) is 5.55. The molecule has 0 unspecified atom stereocenters. The molecule has 0 aliphatic rings. The van der Waals surface area contributed by atoms with Crippen molar-refractivity contribution in [1.82, 2.24) is 15.5 Å². The Balaban J connectivity index is 1.52. The Morgan fingerprint density at radius 2 is 1.81 bits per heavy atom. The minimum atomic E-state index is -0.0461. The zero-order chi connectivity index (χ0) is 19.2. The van der Waals surface area contributed by atoms with Crippen molar-refractivity contribution in [3.63, 3.8) is 0 Å². The molecule has 27 heavy (non-hydrogen) atoms. The van der Waals surface area contributed by atoms with Crippen LogP contribution < -0.4 is 5.32 Å². The zero-order valence-electron chi connectivity index (χ0n) is 15.2. The van der Waals surface area contributed by atoms with Crippen LogP contribution in [0.1, 0.15) is 16.7 Å². The van der Waals surface area contributed by atoms with Crippen LogP contribution in [0.25, 0.3) is 11.3 Å². The van der Waals surface area contributed by atoms with Gasteiger partial charge in [-0.25, -0.2) is 0 Å². The van der Waals surface area contributed by atoms with Crippen molar-refractivity contribution in [3.8, 4) is 11.3 Å². The first kappa shape index (κ1) is 19.4. The second kappa shape index (κ2) is 9.02. The van der Waals surface area contributed by atoms with Gasteiger partial charge in [-0.15, -0.1) is 10.2 Å². The maximum atomic E-state index is 12.0. The molecule has 0 radical (unpaired) electrons. The molecular weight excluding hydrogens is 378 g/mol. The van der Waals surface area contributed by atoms with Gasteiger partial charge in [0, 0.05) is 17.1 Å². The van der Waals surface area contributed by atoms with Crippen molar-refractivity contribution >= 4 is 29.3 Å². The van der Waals surface area contributed by atoms with E-state index in [1.165, 1.54) is 22.9 Å². The quantitative estimate of drug-likeness (QED) is 0.605. The number of thioether (sulfide) groups is 1. The van der Waals surface area contributed by atoms with E-state index in [2.05, 4.69) is 47.6 Å². The molecule has 6 heteroatoms. The maximum Gasteiger partial charge on any atom is 0.230 e. The Morgan fingerprint density at radius 1 is 1.04 bits per heavy atom. The van der Waals surface area contributed by atoms with E-state index in [-0.39, 0.29) is 5.91 Å². The van der Waals surface area contributed by atoms with Gasteiger partial charge in [0.15, 0.2) is 0 Å². The number of carbonyl (C=O) groups excluding carboxylic acids is 1. The fraction of sp³-hybridized carbons (Fsp3) is 0.190. The number of aryl methyl sites for hydroxylation is 2. The van der Waals surface area contributed by atoms with E-state index in [1.807, 2.05) is 36.4 Å². The lowest BCUT2D eigenvalue weighted by Gasteiger charge is -2.07. The van der Waals surface area contributed by atoms with Crippen molar-refractivity contribution in [2.75, 3.05) is 5.75 Å². The molecule has 3 aromatic rings. The summed E-state index contributed by atoms with van der Waals surface area (Å²) in [5.74, 6) is 0.251. The van der Waals surface area contributed by atoms with Crippen LogP contribution >= 0.6 is 23.4 Å². The molecule has 1 amide bonds. The van der Waals surface area contributed by atoms with Gasteiger partial charge in [-0.2, -0.15) is 0 Å². The predicted molar refractivity (Wildman–Crippen MR) is 111 cm³/mol. The van der Waals surface area contributed by atoms with Gasteiger partial charge in [0.25, 0.3) is 0 Å². The summed E-state index contributed by atoms with van der Waals surface area (Å²) in [4.78, 5) is 12.0. The predicted octanol–water partition coefficient (Wildman–Crippen LogP) is 4.82. The summed E-state index contributed by atoms with van der Waals surface area (Å²) in [5, 5.41) is 12.8. The SMILES string of the molecule is Cc1ccc(-c2ccc(SCC(=O)NCc3ccc(Cl)cc3)nn2)c(C)c1. The number of halogens is 1. The van der Waals surface area contributed by atoms with E-state index >= 15 is 0 Å². The lowest BCUT2D eigenvalue weighted by molar-refractivity contribution is -0.118. The Bertz CT molecular complexity index is 927. The minimum Gasteiger partial charge on any atom is -0.351 e. The molecule has 0 saturated heterocycles. The number of benzene rings is 2. The number of rotatable bonds is 6. The van der Waals surface area contributed by atoms with Crippen molar-refractivity contribution < 1.29 is 4.79 Å². The van der Waals surface area contributed by atoms with Gasteiger partial charge in [0.1, 0.15) is 5.03 Å². The first-order chi connectivity index (χ1) is 13.0. The van der Waals surface area contributed by atoms with E-state index in [0.717, 1.165) is 21.8 Å². The first-order valence-corrected chi connectivity index (χ1v) is 9.93. The zero-order valence-corrected chi connectivity index (χ0v) is 16.8. The van der Waals surface area contributed by atoms with Gasteiger partial charge in [0.2, 0.25) is 5.91 Å². The van der Waals surface area contributed by atoms with Crippen LogP contribution in [0.4, 0.5) is 0 Å². The van der Waals surface area contributed by atoms with Gasteiger partial charge >= 0.3 is 0 Å². The Labute approximate surface area is 168 Å². The summed E-state index contributed by atoms with van der Waals surface area (Å²) in [7, 11) is 0. The highest BCUT2D eigenvalue weighted by atomic mass is 35.5. The second-order valence-corrected chi connectivity index (χ2v) is 7.70. The van der Waals surface area contributed by atoms with Gasteiger partial charge in [-0.05, 0) is 49.2 Å². The van der Waals surface area contributed by atoms with E-state index in [0.29, 0.717) is 17.3 Å². The highest BCUT2D eigenvalue weighted by Gasteiger charge is 2.07. The molecule has 0 atom stereocenters. The molecule has 2 aromatic carbocycles. The van der Waals surface area contributed by atoms with Crippen molar-refractivity contribution in [3.05, 3.63) is 76.3 Å². The number of hydrogen-bond donors (Lipinski definition) is 1. The van der Waals surface area contributed by atoms with Crippen LogP contribution in [0.15, 0.2) is 59.6 Å². The first-order valence-electron chi connectivity index (χ1n) is 8.56. The van der Waals surface area contributed by atoms with Crippen LogP contribution in [-0.4, -0.2) is 21.9 Å². The third-order valence-corrected chi connectivity index (χ3v) is 5.22. The summed E-state index contributed by atoms with van der Waals surface area (Å²) in [6.45, 7) is 4.62. The van der Waals surface area contributed by atoms with Crippen LogP contribution in [0, 0.1) is 13.8 Å². The van der Waals surface area contributed by atoms with Gasteiger partial charge < -0.3 is 5.32 Å². The van der Waals surface area contributed by atoms with Crippen LogP contribution in [0.2, 0.25) is 5.02 Å². The van der Waals surface area contributed by atoms with E-state index in [9.17, 15) is 4.79 Å². The van der Waals surface area contributed by atoms with E-state index < -0.39 is 0 Å². The van der Waals surface area contributed by atoms with E-state index in [1.54, 1.807) is 0 Å². The standard InChI is InChI=1S/C21H20ClN3OS/c1-14-3-8-18(15(2)11-14)19-9-10-21(25-24-19)27-13-20(26)23-12-16-4-6-17(22)7-5-16/h3-11H,12-13H2,1-2H3,(H,23,26). The highest BCUT2D eigenvalue weighted by Crippen LogP contribution is 2.23. The molecular formula is C21H20ClN3OS. The van der Waals surface area contributed by atoms with Crippen molar-refractivity contribution in [1.29, 1.82) is 0 Å². The topological polar surface area (TPSA) is 54.9 Å². The average molecular weight is 398 g/mol. The third-order valence-electron chi connectivity index (χ3n) is 4.05. The molecule has 0 aliphatic carbocycles. The molecule has 138 valence electrons. The summed E-state index contributed by atoms with van der Waals surface area (Å²) in [5.41, 5.74) is 5.32. The van der Waals surface area contributed by atoms with Gasteiger partial charge in [0.05, 0.1) is 11.4 Å². The van der Waals surface area contributed by atoms with Gasteiger partial charge in [-0.1, -0.05) is 59.3 Å². The summed E-state index contributed by atoms with van der Waals surface area (Å²) in [6.07, 6.45) is 0. The van der Waals surface area contributed by atoms with Crippen molar-refractivity contribution in [2.24, 2.45) is 0 Å². The number of amides is 1. The number of nitrogens with one attached hydrogen (secondary N) is 1. The molecule has 0 aliphatic heterocycles. The summed E-state index contributed by atoms with van der Waals surface area (Å²) >= 11 is 7.22. The largest absolute Gasteiger partial charge is 0.351 e. The summed E-state index contributed by atoms with van der Waals surface area (Å²) in [6, 6.07) is 17.5. The average Bonchev–Trinajstić information content (AvgIpc) is 2.66. The molecule has 0 saturated carbocycles. The normalized spacial score (nSPS) is 10.6. The van der Waals surface area contributed by atoms with Crippen LogP contribution in [-0.2, 0) is 11.3 Å². The van der Waals surface area contributed by atoms with Crippen LogP contribution in [0.3, 0.4) is 0 Å². The molecule has 0 bridgehead atoms. The molecule has 4 nitrogen and oxygen atoms in total. The molecule has 1 N–H and O–H groups in total. The molecule has 0 spiro atoms. The fourth-order valence-electron chi connectivity index (χ4n) is 2.64. The van der Waals surface area contributed by atoms with Crippen molar-refractivity contribution in [2.45, 2.75) is 25.4 Å². The summed E-state index contributed by atoms with van der Waals surface area (Å²) < 4.78 is 0.